The molecule has 0 spiro atoms. The molecule has 2 aromatic rings. The molecule has 1 heterocycles. The van der Waals surface area contributed by atoms with Crippen LogP contribution in [0, 0.1) is 0 Å². The normalized spacial score (nSPS) is 11.2. The minimum Gasteiger partial charge on any atom is -0.477 e. The van der Waals surface area contributed by atoms with Crippen molar-refractivity contribution in [2.75, 3.05) is 0 Å². The molecular weight excluding hydrogens is 288 g/mol. The van der Waals surface area contributed by atoms with E-state index in [1.54, 1.807) is 17.8 Å². The molecule has 1 aromatic carbocycles. The van der Waals surface area contributed by atoms with Crippen molar-refractivity contribution in [3.63, 3.8) is 0 Å². The third-order valence-corrected chi connectivity index (χ3v) is 4.82. The fourth-order valence-corrected chi connectivity index (χ4v) is 3.61. The van der Waals surface area contributed by atoms with Gasteiger partial charge in [0.2, 0.25) is 0 Å². The summed E-state index contributed by atoms with van der Waals surface area (Å²) in [5.74, 6) is -0.877. The van der Waals surface area contributed by atoms with Crippen LogP contribution in [0.5, 0.6) is 0 Å². The zero-order valence-electron chi connectivity index (χ0n) is 11.3. The second-order valence-corrected chi connectivity index (χ2v) is 6.39. The molecule has 2 rings (SSSR count). The Morgan fingerprint density at radius 1 is 1.50 bits per heavy atom. The van der Waals surface area contributed by atoms with Crippen molar-refractivity contribution in [2.45, 2.75) is 19.8 Å². The Kier molecular flexibility index (Phi) is 5.04. The Labute approximate surface area is 126 Å². The van der Waals surface area contributed by atoms with E-state index in [9.17, 15) is 4.79 Å². The predicted octanol–water partition coefficient (Wildman–Crippen LogP) is 5.62. The molecule has 1 aromatic heterocycles. The quantitative estimate of drug-likeness (QED) is 0.753. The first-order valence-electron chi connectivity index (χ1n) is 6.40. The average Bonchev–Trinajstić information content (AvgIpc) is 2.87. The average molecular weight is 304 g/mol. The molecule has 0 unspecified atom stereocenters. The lowest BCUT2D eigenvalue weighted by atomic mass is 10.1. The van der Waals surface area contributed by atoms with E-state index in [-0.39, 0.29) is 0 Å². The Bertz CT molecular complexity index is 668. The van der Waals surface area contributed by atoms with Crippen molar-refractivity contribution in [2.24, 2.45) is 0 Å². The standard InChI is InChI=1S/C16H16O2S2/c1-3-4-5-9-19-11(2)13-8-6-7-12-10-14(16(17)18)20-15(12)13/h5-10H,2-4H2,1H3,(H,17,18)/b9-5-. The van der Waals surface area contributed by atoms with Crippen LogP contribution in [-0.2, 0) is 0 Å². The van der Waals surface area contributed by atoms with E-state index < -0.39 is 5.97 Å². The van der Waals surface area contributed by atoms with Crippen molar-refractivity contribution >= 4 is 44.1 Å². The van der Waals surface area contributed by atoms with Gasteiger partial charge in [0.05, 0.1) is 0 Å². The van der Waals surface area contributed by atoms with Crippen LogP contribution in [0.2, 0.25) is 0 Å². The first kappa shape index (κ1) is 14.9. The lowest BCUT2D eigenvalue weighted by Crippen LogP contribution is -1.89. The Morgan fingerprint density at radius 3 is 3.00 bits per heavy atom. The van der Waals surface area contributed by atoms with Gasteiger partial charge in [-0.2, -0.15) is 0 Å². The van der Waals surface area contributed by atoms with Crippen LogP contribution in [0.3, 0.4) is 0 Å². The number of thiophene rings is 1. The Hall–Kier alpha value is -1.52. The molecule has 20 heavy (non-hydrogen) atoms. The molecule has 0 radical (unpaired) electrons. The van der Waals surface area contributed by atoms with Crippen molar-refractivity contribution in [1.82, 2.24) is 0 Å². The molecular formula is C16H16O2S2. The zero-order chi connectivity index (χ0) is 14.5. The zero-order valence-corrected chi connectivity index (χ0v) is 12.9. The molecule has 0 bridgehead atoms. The molecule has 2 nitrogen and oxygen atoms in total. The molecule has 0 aliphatic heterocycles. The molecule has 1 N–H and O–H groups in total. The summed E-state index contributed by atoms with van der Waals surface area (Å²) in [6, 6.07) is 7.59. The molecule has 0 aliphatic rings. The van der Waals surface area contributed by atoms with Gasteiger partial charge in [-0.1, -0.05) is 56.0 Å². The maximum Gasteiger partial charge on any atom is 0.345 e. The number of thioether (sulfide) groups is 1. The Morgan fingerprint density at radius 2 is 2.30 bits per heavy atom. The maximum absolute atomic E-state index is 11.1. The number of carbonyl (C=O) groups is 1. The molecule has 4 heteroatoms. The summed E-state index contributed by atoms with van der Waals surface area (Å²) in [5.41, 5.74) is 1.02. The van der Waals surface area contributed by atoms with E-state index in [1.165, 1.54) is 11.3 Å². The first-order valence-corrected chi connectivity index (χ1v) is 8.10. The van der Waals surface area contributed by atoms with Gasteiger partial charge >= 0.3 is 5.97 Å². The fourth-order valence-electron chi connectivity index (χ4n) is 1.82. The number of allylic oxidation sites excluding steroid dienone is 1. The number of hydrogen-bond acceptors (Lipinski definition) is 3. The summed E-state index contributed by atoms with van der Waals surface area (Å²) in [6.45, 7) is 6.24. The summed E-state index contributed by atoms with van der Waals surface area (Å²) >= 11 is 2.89. The number of hydrogen-bond donors (Lipinski definition) is 1. The molecule has 0 saturated carbocycles. The number of benzene rings is 1. The third-order valence-electron chi connectivity index (χ3n) is 2.82. The summed E-state index contributed by atoms with van der Waals surface area (Å²) in [7, 11) is 0. The van der Waals surface area contributed by atoms with E-state index in [0.29, 0.717) is 4.88 Å². The van der Waals surface area contributed by atoms with E-state index >= 15 is 0 Å². The molecule has 0 aliphatic carbocycles. The summed E-state index contributed by atoms with van der Waals surface area (Å²) in [6.07, 6.45) is 4.33. The van der Waals surface area contributed by atoms with Crippen LogP contribution in [0.15, 0.2) is 42.3 Å². The van der Waals surface area contributed by atoms with Crippen molar-refractivity contribution < 1.29 is 9.90 Å². The third kappa shape index (κ3) is 3.32. The highest BCUT2D eigenvalue weighted by Gasteiger charge is 2.12. The second kappa shape index (κ2) is 6.77. The van der Waals surface area contributed by atoms with Gasteiger partial charge in [0.25, 0.3) is 0 Å². The predicted molar refractivity (Wildman–Crippen MR) is 89.5 cm³/mol. The minimum absolute atomic E-state index is 0.367. The first-order chi connectivity index (χ1) is 9.63. The number of unbranched alkanes of at least 4 members (excludes halogenated alkanes) is 1. The van der Waals surface area contributed by atoms with Crippen molar-refractivity contribution in [3.8, 4) is 0 Å². The van der Waals surface area contributed by atoms with Gasteiger partial charge in [-0.05, 0) is 23.3 Å². The topological polar surface area (TPSA) is 37.3 Å². The molecule has 104 valence electrons. The van der Waals surface area contributed by atoms with E-state index in [1.807, 2.05) is 18.2 Å². The van der Waals surface area contributed by atoms with Gasteiger partial charge in [-0.15, -0.1) is 11.3 Å². The lowest BCUT2D eigenvalue weighted by molar-refractivity contribution is 0.0702. The molecule has 0 atom stereocenters. The highest BCUT2D eigenvalue weighted by atomic mass is 32.2. The van der Waals surface area contributed by atoms with Gasteiger partial charge in [-0.3, -0.25) is 0 Å². The highest BCUT2D eigenvalue weighted by molar-refractivity contribution is 8.10. The molecule has 0 saturated heterocycles. The number of rotatable bonds is 6. The van der Waals surface area contributed by atoms with Crippen LogP contribution in [0.25, 0.3) is 15.0 Å². The minimum atomic E-state index is -0.877. The van der Waals surface area contributed by atoms with Gasteiger partial charge in [0.15, 0.2) is 0 Å². The monoisotopic (exact) mass is 304 g/mol. The van der Waals surface area contributed by atoms with Gasteiger partial charge in [-0.25, -0.2) is 4.79 Å². The number of aromatic carboxylic acids is 1. The van der Waals surface area contributed by atoms with Crippen molar-refractivity contribution in [1.29, 1.82) is 0 Å². The van der Waals surface area contributed by atoms with Crippen LogP contribution in [-0.4, -0.2) is 11.1 Å². The van der Waals surface area contributed by atoms with E-state index in [0.717, 1.165) is 33.4 Å². The van der Waals surface area contributed by atoms with Crippen LogP contribution >= 0.6 is 23.1 Å². The van der Waals surface area contributed by atoms with Crippen LogP contribution in [0.1, 0.15) is 35.0 Å². The molecule has 0 amide bonds. The van der Waals surface area contributed by atoms with Gasteiger partial charge in [0, 0.05) is 15.2 Å². The van der Waals surface area contributed by atoms with Crippen molar-refractivity contribution in [3.05, 3.63) is 52.8 Å². The number of fused-ring (bicyclic) bond motifs is 1. The number of carboxylic acids is 1. The summed E-state index contributed by atoms with van der Waals surface area (Å²) < 4.78 is 0.992. The van der Waals surface area contributed by atoms with Gasteiger partial charge in [0.1, 0.15) is 4.88 Å². The van der Waals surface area contributed by atoms with Crippen LogP contribution < -0.4 is 0 Å². The van der Waals surface area contributed by atoms with Crippen LogP contribution in [0.4, 0.5) is 0 Å². The largest absolute Gasteiger partial charge is 0.477 e. The van der Waals surface area contributed by atoms with E-state index in [4.69, 9.17) is 5.11 Å². The smallest absolute Gasteiger partial charge is 0.345 e. The second-order valence-electron chi connectivity index (χ2n) is 4.34. The molecule has 0 fully saturated rings. The summed E-state index contributed by atoms with van der Waals surface area (Å²) in [5, 5.41) is 12.1. The fraction of sp³-hybridized carbons (Fsp3) is 0.188. The highest BCUT2D eigenvalue weighted by Crippen LogP contribution is 2.36. The SMILES string of the molecule is C=C(S/C=C\CCC)c1cccc2cc(C(=O)O)sc12. The Balaban J connectivity index is 2.29. The summed E-state index contributed by atoms with van der Waals surface area (Å²) in [4.78, 5) is 12.4. The maximum atomic E-state index is 11.1. The van der Waals surface area contributed by atoms with E-state index in [2.05, 4.69) is 25.0 Å². The lowest BCUT2D eigenvalue weighted by Gasteiger charge is -2.03. The van der Waals surface area contributed by atoms with Gasteiger partial charge < -0.3 is 5.11 Å². The number of carboxylic acid groups (broad SMARTS) is 1.